The van der Waals surface area contributed by atoms with Crippen molar-refractivity contribution in [1.29, 1.82) is 0 Å². The Hall–Kier alpha value is -0.840. The summed E-state index contributed by atoms with van der Waals surface area (Å²) in [5, 5.41) is 2.77. The summed E-state index contributed by atoms with van der Waals surface area (Å²) in [5.41, 5.74) is 7.41. The number of hydrogen-bond donors (Lipinski definition) is 2. The highest BCUT2D eigenvalue weighted by molar-refractivity contribution is 5.95. The molecule has 0 aliphatic heterocycles. The van der Waals surface area contributed by atoms with Crippen molar-refractivity contribution in [2.24, 2.45) is 5.73 Å². The smallest absolute Gasteiger partial charge is 0.241 e. The third kappa shape index (κ3) is 5.86. The number of aryl methyl sites for hydroxylation is 1. The van der Waals surface area contributed by atoms with Gasteiger partial charge in [-0.25, -0.2) is 0 Å². The first-order chi connectivity index (χ1) is 7.15. The van der Waals surface area contributed by atoms with Crippen LogP contribution >= 0.6 is 24.8 Å². The zero-order valence-electron chi connectivity index (χ0n) is 9.97. The van der Waals surface area contributed by atoms with Crippen LogP contribution in [-0.4, -0.2) is 16.9 Å². The molecule has 1 amide bonds. The Balaban J connectivity index is 0. The van der Waals surface area contributed by atoms with Crippen molar-refractivity contribution in [2.45, 2.75) is 32.7 Å². The molecule has 3 N–H and O–H groups in total. The molecule has 1 aromatic rings. The summed E-state index contributed by atoms with van der Waals surface area (Å²) in [6.45, 7) is 3.92. The molecule has 0 aliphatic rings. The number of rotatable bonds is 4. The second-order valence-corrected chi connectivity index (χ2v) is 3.58. The minimum absolute atomic E-state index is 0. The molecule has 1 aromatic heterocycles. The average molecular weight is 280 g/mol. The fraction of sp³-hybridized carbons (Fsp3) is 0.455. The minimum atomic E-state index is -0.436. The lowest BCUT2D eigenvalue weighted by Crippen LogP contribution is -2.35. The molecule has 0 aromatic carbocycles. The molecule has 1 atom stereocenters. The van der Waals surface area contributed by atoms with Gasteiger partial charge in [0.1, 0.15) is 0 Å². The number of carbonyl (C=O) groups is 1. The van der Waals surface area contributed by atoms with Gasteiger partial charge in [-0.15, -0.1) is 24.8 Å². The molecule has 1 unspecified atom stereocenters. The topological polar surface area (TPSA) is 68.0 Å². The van der Waals surface area contributed by atoms with Gasteiger partial charge < -0.3 is 11.1 Å². The molecule has 17 heavy (non-hydrogen) atoms. The van der Waals surface area contributed by atoms with Gasteiger partial charge in [-0.1, -0.05) is 13.3 Å². The quantitative estimate of drug-likeness (QED) is 0.889. The van der Waals surface area contributed by atoms with E-state index in [4.69, 9.17) is 5.73 Å². The highest BCUT2D eigenvalue weighted by Crippen LogP contribution is 2.11. The highest BCUT2D eigenvalue weighted by Gasteiger charge is 2.12. The lowest BCUT2D eigenvalue weighted by atomic mass is 10.1. The normalized spacial score (nSPS) is 10.8. The molecule has 0 radical (unpaired) electrons. The van der Waals surface area contributed by atoms with Crippen molar-refractivity contribution in [2.75, 3.05) is 5.32 Å². The maximum Gasteiger partial charge on any atom is 0.241 e. The predicted octanol–water partition coefficient (Wildman–Crippen LogP) is 2.30. The number of amides is 1. The molecule has 0 fully saturated rings. The SMILES string of the molecule is CCCC(N)C(=O)Nc1cnccc1C.Cl.Cl. The average Bonchev–Trinajstić information content (AvgIpc) is 2.21. The van der Waals surface area contributed by atoms with E-state index in [-0.39, 0.29) is 30.7 Å². The largest absolute Gasteiger partial charge is 0.323 e. The summed E-state index contributed by atoms with van der Waals surface area (Å²) in [7, 11) is 0. The lowest BCUT2D eigenvalue weighted by Gasteiger charge is -2.12. The summed E-state index contributed by atoms with van der Waals surface area (Å²) >= 11 is 0. The van der Waals surface area contributed by atoms with Gasteiger partial charge in [-0.2, -0.15) is 0 Å². The third-order valence-corrected chi connectivity index (χ3v) is 2.23. The van der Waals surface area contributed by atoms with Crippen LogP contribution in [0.4, 0.5) is 5.69 Å². The monoisotopic (exact) mass is 279 g/mol. The van der Waals surface area contributed by atoms with Crippen molar-refractivity contribution in [1.82, 2.24) is 4.98 Å². The first kappa shape index (κ1) is 18.5. The van der Waals surface area contributed by atoms with Crippen LogP contribution < -0.4 is 11.1 Å². The zero-order valence-corrected chi connectivity index (χ0v) is 11.6. The van der Waals surface area contributed by atoms with Crippen LogP contribution in [0.25, 0.3) is 0 Å². The Bertz CT molecular complexity index is 347. The van der Waals surface area contributed by atoms with Crippen molar-refractivity contribution in [3.63, 3.8) is 0 Å². The summed E-state index contributed by atoms with van der Waals surface area (Å²) < 4.78 is 0. The predicted molar refractivity (Wildman–Crippen MR) is 75.0 cm³/mol. The molecule has 6 heteroatoms. The van der Waals surface area contributed by atoms with Gasteiger partial charge in [0.05, 0.1) is 17.9 Å². The fourth-order valence-corrected chi connectivity index (χ4v) is 1.26. The maximum atomic E-state index is 11.6. The Labute approximate surface area is 114 Å². The number of nitrogens with two attached hydrogens (primary N) is 1. The van der Waals surface area contributed by atoms with E-state index >= 15 is 0 Å². The number of anilines is 1. The number of nitrogens with zero attached hydrogens (tertiary/aromatic N) is 1. The van der Waals surface area contributed by atoms with Crippen LogP contribution in [0.1, 0.15) is 25.3 Å². The third-order valence-electron chi connectivity index (χ3n) is 2.23. The summed E-state index contributed by atoms with van der Waals surface area (Å²) in [6.07, 6.45) is 4.93. The molecule has 4 nitrogen and oxygen atoms in total. The van der Waals surface area contributed by atoms with Crippen LogP contribution in [0.5, 0.6) is 0 Å². The molecule has 0 spiro atoms. The van der Waals surface area contributed by atoms with Crippen LogP contribution in [0.15, 0.2) is 18.5 Å². The Morgan fingerprint density at radius 1 is 1.53 bits per heavy atom. The van der Waals surface area contributed by atoms with Crippen molar-refractivity contribution < 1.29 is 4.79 Å². The molecular weight excluding hydrogens is 261 g/mol. The Morgan fingerprint density at radius 3 is 2.71 bits per heavy atom. The van der Waals surface area contributed by atoms with Crippen molar-refractivity contribution >= 4 is 36.4 Å². The van der Waals surface area contributed by atoms with Gasteiger partial charge in [0.15, 0.2) is 0 Å². The second-order valence-electron chi connectivity index (χ2n) is 3.58. The number of carbonyl (C=O) groups excluding carboxylic acids is 1. The lowest BCUT2D eigenvalue weighted by molar-refractivity contribution is -0.117. The first-order valence-electron chi connectivity index (χ1n) is 5.12. The van der Waals surface area contributed by atoms with E-state index in [2.05, 4.69) is 10.3 Å². The number of nitrogens with one attached hydrogen (secondary N) is 1. The van der Waals surface area contributed by atoms with Crippen LogP contribution in [0, 0.1) is 6.92 Å². The van der Waals surface area contributed by atoms with Gasteiger partial charge in [0.25, 0.3) is 0 Å². The van der Waals surface area contributed by atoms with E-state index in [0.717, 1.165) is 17.7 Å². The van der Waals surface area contributed by atoms with Crippen molar-refractivity contribution in [3.05, 3.63) is 24.0 Å². The summed E-state index contributed by atoms with van der Waals surface area (Å²) in [6, 6.07) is 1.41. The zero-order chi connectivity index (χ0) is 11.3. The van der Waals surface area contributed by atoms with E-state index in [1.54, 1.807) is 12.4 Å². The van der Waals surface area contributed by atoms with Crippen molar-refractivity contribution in [3.8, 4) is 0 Å². The van der Waals surface area contributed by atoms with E-state index in [0.29, 0.717) is 6.42 Å². The number of hydrogen-bond acceptors (Lipinski definition) is 3. The van der Waals surface area contributed by atoms with Gasteiger partial charge in [-0.05, 0) is 25.0 Å². The van der Waals surface area contributed by atoms with E-state index in [9.17, 15) is 4.79 Å². The van der Waals surface area contributed by atoms with E-state index < -0.39 is 6.04 Å². The molecule has 0 saturated heterocycles. The minimum Gasteiger partial charge on any atom is -0.323 e. The van der Waals surface area contributed by atoms with Crippen LogP contribution in [0.3, 0.4) is 0 Å². The molecule has 98 valence electrons. The Kier molecular flexibility index (Phi) is 10.0. The molecule has 0 saturated carbocycles. The number of aromatic nitrogens is 1. The van der Waals surface area contributed by atoms with Gasteiger partial charge in [0, 0.05) is 6.20 Å². The Morgan fingerprint density at radius 2 is 2.18 bits per heavy atom. The van der Waals surface area contributed by atoms with E-state index in [1.165, 1.54) is 0 Å². The van der Waals surface area contributed by atoms with Crippen LogP contribution in [-0.2, 0) is 4.79 Å². The maximum absolute atomic E-state index is 11.6. The molecule has 1 heterocycles. The summed E-state index contributed by atoms with van der Waals surface area (Å²) in [4.78, 5) is 15.5. The summed E-state index contributed by atoms with van der Waals surface area (Å²) in [5.74, 6) is -0.145. The standard InChI is InChI=1S/C11H17N3O.2ClH/c1-3-4-9(12)11(15)14-10-7-13-6-5-8(10)2;;/h5-7,9H,3-4,12H2,1-2H3,(H,14,15);2*1H. The number of pyridine rings is 1. The van der Waals surface area contributed by atoms with E-state index in [1.807, 2.05) is 19.9 Å². The molecule has 0 bridgehead atoms. The highest BCUT2D eigenvalue weighted by atomic mass is 35.5. The number of halogens is 2. The fourth-order valence-electron chi connectivity index (χ4n) is 1.26. The van der Waals surface area contributed by atoms with Crippen LogP contribution in [0.2, 0.25) is 0 Å². The van der Waals surface area contributed by atoms with Gasteiger partial charge >= 0.3 is 0 Å². The van der Waals surface area contributed by atoms with Gasteiger partial charge in [0.2, 0.25) is 5.91 Å². The second kappa shape index (κ2) is 9.22. The first-order valence-corrected chi connectivity index (χ1v) is 5.12. The molecule has 0 aliphatic carbocycles. The van der Waals surface area contributed by atoms with Gasteiger partial charge in [-0.3, -0.25) is 9.78 Å². The molecular formula is C11H19Cl2N3O. The molecule has 1 rings (SSSR count).